The minimum absolute atomic E-state index is 0.0463. The SMILES string of the molecule is CCN1c2cc(C)c(/C=C3\C(=O)NC(=O)N(c4cccc(Cl)c4)C3=O)cc2C(C)CC1(C)C. The number of aryl methyl sites for hydroxylation is 1. The molecule has 2 aliphatic heterocycles. The van der Waals surface area contributed by atoms with E-state index < -0.39 is 17.8 Å². The summed E-state index contributed by atoms with van der Waals surface area (Å²) < 4.78 is 0. The van der Waals surface area contributed by atoms with Crippen molar-refractivity contribution in [3.05, 3.63) is 63.7 Å². The largest absolute Gasteiger partial charge is 0.366 e. The highest BCUT2D eigenvalue weighted by molar-refractivity contribution is 6.39. The summed E-state index contributed by atoms with van der Waals surface area (Å²) >= 11 is 6.04. The van der Waals surface area contributed by atoms with E-state index in [1.54, 1.807) is 24.3 Å². The van der Waals surface area contributed by atoms with E-state index >= 15 is 0 Å². The van der Waals surface area contributed by atoms with Crippen molar-refractivity contribution in [3.63, 3.8) is 0 Å². The van der Waals surface area contributed by atoms with Crippen LogP contribution < -0.4 is 15.1 Å². The summed E-state index contributed by atoms with van der Waals surface area (Å²) in [6, 6.07) is 9.82. The fraction of sp³-hybridized carbons (Fsp3) is 0.346. The molecule has 0 aromatic heterocycles. The number of benzene rings is 2. The highest BCUT2D eigenvalue weighted by Crippen LogP contribution is 2.44. The number of halogens is 1. The van der Waals surface area contributed by atoms with Crippen LogP contribution in [0.1, 0.15) is 56.7 Å². The third-order valence-corrected chi connectivity index (χ3v) is 6.79. The summed E-state index contributed by atoms with van der Waals surface area (Å²) in [5.41, 5.74) is 4.39. The van der Waals surface area contributed by atoms with E-state index in [2.05, 4.69) is 50.0 Å². The van der Waals surface area contributed by atoms with Gasteiger partial charge in [0.2, 0.25) is 0 Å². The average molecular weight is 466 g/mol. The first-order valence-corrected chi connectivity index (χ1v) is 11.5. The molecule has 2 aromatic rings. The van der Waals surface area contributed by atoms with Gasteiger partial charge in [-0.15, -0.1) is 0 Å². The van der Waals surface area contributed by atoms with Gasteiger partial charge in [0.1, 0.15) is 5.57 Å². The number of hydrogen-bond acceptors (Lipinski definition) is 4. The van der Waals surface area contributed by atoms with Gasteiger partial charge in [-0.05, 0) is 93.1 Å². The van der Waals surface area contributed by atoms with Crippen LogP contribution in [0.25, 0.3) is 6.08 Å². The predicted molar refractivity (Wildman–Crippen MR) is 132 cm³/mol. The van der Waals surface area contributed by atoms with Gasteiger partial charge in [0.25, 0.3) is 11.8 Å². The molecule has 0 aliphatic carbocycles. The molecule has 0 radical (unpaired) electrons. The van der Waals surface area contributed by atoms with Crippen LogP contribution in [-0.2, 0) is 9.59 Å². The quantitative estimate of drug-likeness (QED) is 0.485. The molecular weight excluding hydrogens is 438 g/mol. The molecule has 33 heavy (non-hydrogen) atoms. The lowest BCUT2D eigenvalue weighted by atomic mass is 9.79. The molecule has 172 valence electrons. The Balaban J connectivity index is 1.78. The molecule has 4 amide bonds. The van der Waals surface area contributed by atoms with Crippen LogP contribution in [0.3, 0.4) is 0 Å². The number of urea groups is 1. The first kappa shape index (κ1) is 23.1. The Kier molecular flexibility index (Phi) is 5.83. The number of barbiturate groups is 1. The molecule has 1 saturated heterocycles. The Morgan fingerprint density at radius 2 is 1.91 bits per heavy atom. The molecule has 0 bridgehead atoms. The van der Waals surface area contributed by atoms with Gasteiger partial charge in [-0.25, -0.2) is 9.69 Å². The molecular formula is C26H28ClN3O3. The van der Waals surface area contributed by atoms with E-state index in [-0.39, 0.29) is 11.1 Å². The van der Waals surface area contributed by atoms with Crippen LogP contribution in [0.2, 0.25) is 5.02 Å². The molecule has 4 rings (SSSR count). The van der Waals surface area contributed by atoms with Crippen molar-refractivity contribution in [2.45, 2.75) is 52.5 Å². The molecule has 1 fully saturated rings. The van der Waals surface area contributed by atoms with E-state index in [9.17, 15) is 14.4 Å². The topological polar surface area (TPSA) is 69.7 Å². The van der Waals surface area contributed by atoms with Crippen molar-refractivity contribution in [2.75, 3.05) is 16.3 Å². The Labute approximate surface area is 199 Å². The van der Waals surface area contributed by atoms with E-state index in [0.29, 0.717) is 16.6 Å². The highest BCUT2D eigenvalue weighted by Gasteiger charge is 2.38. The van der Waals surface area contributed by atoms with Gasteiger partial charge in [0, 0.05) is 22.8 Å². The minimum Gasteiger partial charge on any atom is -0.366 e. The lowest BCUT2D eigenvalue weighted by molar-refractivity contribution is -0.122. The lowest BCUT2D eigenvalue weighted by Crippen LogP contribution is -2.54. The molecule has 1 N–H and O–H groups in total. The Bertz CT molecular complexity index is 1200. The fourth-order valence-corrected chi connectivity index (χ4v) is 5.25. The van der Waals surface area contributed by atoms with Crippen molar-refractivity contribution in [2.24, 2.45) is 0 Å². The van der Waals surface area contributed by atoms with E-state index in [0.717, 1.165) is 29.0 Å². The van der Waals surface area contributed by atoms with Gasteiger partial charge in [0.15, 0.2) is 0 Å². The van der Waals surface area contributed by atoms with E-state index in [1.165, 1.54) is 17.3 Å². The fourth-order valence-electron chi connectivity index (χ4n) is 5.07. The van der Waals surface area contributed by atoms with Crippen molar-refractivity contribution in [1.82, 2.24) is 5.32 Å². The lowest BCUT2D eigenvalue weighted by Gasteiger charge is -2.47. The first-order valence-electron chi connectivity index (χ1n) is 11.1. The number of fused-ring (bicyclic) bond motifs is 1. The van der Waals surface area contributed by atoms with Crippen LogP contribution in [-0.4, -0.2) is 29.9 Å². The Hall–Kier alpha value is -3.12. The second-order valence-corrected chi connectivity index (χ2v) is 9.80. The first-order chi connectivity index (χ1) is 15.5. The van der Waals surface area contributed by atoms with Crippen molar-refractivity contribution < 1.29 is 14.4 Å². The summed E-state index contributed by atoms with van der Waals surface area (Å²) in [4.78, 5) is 41.7. The number of carbonyl (C=O) groups excluding carboxylic acids is 3. The normalized spacial score (nSPS) is 21.3. The van der Waals surface area contributed by atoms with Crippen molar-refractivity contribution in [3.8, 4) is 0 Å². The molecule has 2 aliphatic rings. The molecule has 1 unspecified atom stereocenters. The van der Waals surface area contributed by atoms with Crippen molar-refractivity contribution >= 4 is 46.9 Å². The van der Waals surface area contributed by atoms with Gasteiger partial charge in [-0.2, -0.15) is 0 Å². The predicted octanol–water partition coefficient (Wildman–Crippen LogP) is 5.43. The molecule has 0 saturated carbocycles. The van der Waals surface area contributed by atoms with Crippen LogP contribution in [0, 0.1) is 6.92 Å². The molecule has 7 heteroatoms. The second-order valence-electron chi connectivity index (χ2n) is 9.37. The number of nitrogens with zero attached hydrogens (tertiary/aromatic N) is 2. The van der Waals surface area contributed by atoms with Gasteiger partial charge in [-0.3, -0.25) is 14.9 Å². The second kappa shape index (κ2) is 8.34. The van der Waals surface area contributed by atoms with Crippen LogP contribution in [0.4, 0.5) is 16.2 Å². The van der Waals surface area contributed by atoms with Crippen LogP contribution in [0.15, 0.2) is 42.0 Å². The molecule has 2 heterocycles. The Morgan fingerprint density at radius 1 is 1.18 bits per heavy atom. The highest BCUT2D eigenvalue weighted by atomic mass is 35.5. The van der Waals surface area contributed by atoms with Crippen molar-refractivity contribution in [1.29, 1.82) is 0 Å². The number of amides is 4. The van der Waals surface area contributed by atoms with Gasteiger partial charge in [-0.1, -0.05) is 24.6 Å². The number of rotatable bonds is 3. The molecule has 2 aromatic carbocycles. The summed E-state index contributed by atoms with van der Waals surface area (Å²) in [7, 11) is 0. The number of carbonyl (C=O) groups is 3. The third-order valence-electron chi connectivity index (χ3n) is 6.56. The maximum Gasteiger partial charge on any atom is 0.335 e. The number of hydrogen-bond donors (Lipinski definition) is 1. The summed E-state index contributed by atoms with van der Waals surface area (Å²) in [6.45, 7) is 11.7. The summed E-state index contributed by atoms with van der Waals surface area (Å²) in [6.07, 6.45) is 2.59. The minimum atomic E-state index is -0.791. The third kappa shape index (κ3) is 4.04. The van der Waals surface area contributed by atoms with Crippen LogP contribution >= 0.6 is 11.6 Å². The number of anilines is 2. The van der Waals surface area contributed by atoms with Gasteiger partial charge in [0.05, 0.1) is 5.69 Å². The van der Waals surface area contributed by atoms with Gasteiger partial charge >= 0.3 is 6.03 Å². The summed E-state index contributed by atoms with van der Waals surface area (Å²) in [5, 5.41) is 2.66. The zero-order valence-corrected chi connectivity index (χ0v) is 20.3. The van der Waals surface area contributed by atoms with Crippen LogP contribution in [0.5, 0.6) is 0 Å². The average Bonchev–Trinajstić information content (AvgIpc) is 2.71. The smallest absolute Gasteiger partial charge is 0.335 e. The zero-order valence-electron chi connectivity index (χ0n) is 19.5. The monoisotopic (exact) mass is 465 g/mol. The van der Waals surface area contributed by atoms with Gasteiger partial charge < -0.3 is 4.90 Å². The summed E-state index contributed by atoms with van der Waals surface area (Å²) in [5.74, 6) is -1.05. The number of imide groups is 2. The molecule has 6 nitrogen and oxygen atoms in total. The number of nitrogens with one attached hydrogen (secondary N) is 1. The molecule has 1 atom stereocenters. The maximum atomic E-state index is 13.2. The maximum absolute atomic E-state index is 13.2. The van der Waals surface area contributed by atoms with E-state index in [1.807, 2.05) is 6.92 Å². The zero-order chi connectivity index (χ0) is 24.1. The van der Waals surface area contributed by atoms with E-state index in [4.69, 9.17) is 11.6 Å². The molecule has 0 spiro atoms. The standard InChI is InChI=1S/C26H28ClN3O3/c1-6-29-22-10-15(2)17(11-20(22)16(3)14-26(29,4)5)12-21-23(31)28-25(33)30(24(21)32)19-9-7-8-18(27)13-19/h7-13,16H,6,14H2,1-5H3,(H,28,31,33)/b21-12+. The Morgan fingerprint density at radius 3 is 2.58 bits per heavy atom.